The highest BCUT2D eigenvalue weighted by molar-refractivity contribution is 7.83. The molecule has 0 saturated carbocycles. The van der Waals surface area contributed by atoms with Crippen molar-refractivity contribution in [2.24, 2.45) is 4.40 Å². The first-order valence-electron chi connectivity index (χ1n) is 11.9. The smallest absolute Gasteiger partial charge is 0.255 e. The van der Waals surface area contributed by atoms with E-state index in [1.54, 1.807) is 30.3 Å². The number of para-hydroxylation sites is 1. The molecule has 1 fully saturated rings. The molecule has 1 aliphatic rings. The average molecular weight is 517 g/mol. The number of hydrogen-bond donors (Lipinski definition) is 2. The molecule has 2 N–H and O–H groups in total. The molecule has 2 aromatic carbocycles. The Morgan fingerprint density at radius 2 is 1.89 bits per heavy atom. The third kappa shape index (κ3) is 6.90. The molecule has 0 aliphatic carbocycles. The molecular formula is C26H33FN4O4S. The van der Waals surface area contributed by atoms with Crippen LogP contribution < -0.4 is 15.4 Å². The molecule has 0 radical (unpaired) electrons. The van der Waals surface area contributed by atoms with Gasteiger partial charge in [0.05, 0.1) is 12.7 Å². The molecule has 1 unspecified atom stereocenters. The molecule has 1 aliphatic heterocycles. The summed E-state index contributed by atoms with van der Waals surface area (Å²) in [6, 6.07) is 13.4. The van der Waals surface area contributed by atoms with E-state index in [4.69, 9.17) is 4.74 Å². The van der Waals surface area contributed by atoms with Gasteiger partial charge in [0.25, 0.3) is 5.91 Å². The van der Waals surface area contributed by atoms with Crippen molar-refractivity contribution in [2.75, 3.05) is 33.0 Å². The summed E-state index contributed by atoms with van der Waals surface area (Å²) in [6.07, 6.45) is 3.58. The Balaban J connectivity index is 1.82. The van der Waals surface area contributed by atoms with Crippen LogP contribution in [0.1, 0.15) is 48.5 Å². The lowest BCUT2D eigenvalue weighted by molar-refractivity contribution is -0.119. The highest BCUT2D eigenvalue weighted by Gasteiger charge is 2.38. The van der Waals surface area contributed by atoms with Crippen molar-refractivity contribution in [3.63, 3.8) is 0 Å². The van der Waals surface area contributed by atoms with E-state index >= 15 is 0 Å². The fraction of sp³-hybridized carbons (Fsp3) is 0.423. The van der Waals surface area contributed by atoms with Crippen LogP contribution >= 0.6 is 0 Å². The third-order valence-corrected chi connectivity index (χ3v) is 6.77. The number of carbonyl (C=O) groups is 2. The van der Waals surface area contributed by atoms with Gasteiger partial charge in [-0.25, -0.2) is 8.60 Å². The summed E-state index contributed by atoms with van der Waals surface area (Å²) >= 11 is 0. The van der Waals surface area contributed by atoms with Gasteiger partial charge in [-0.1, -0.05) is 31.2 Å². The highest BCUT2D eigenvalue weighted by atomic mass is 32.2. The summed E-state index contributed by atoms with van der Waals surface area (Å²) in [4.78, 5) is 27.1. The number of guanidine groups is 1. The van der Waals surface area contributed by atoms with Gasteiger partial charge in [0.15, 0.2) is 0 Å². The second-order valence-corrected chi connectivity index (χ2v) is 9.83. The van der Waals surface area contributed by atoms with Crippen molar-refractivity contribution in [1.29, 1.82) is 0 Å². The zero-order valence-corrected chi connectivity index (χ0v) is 21.7. The van der Waals surface area contributed by atoms with Crippen LogP contribution in [0.3, 0.4) is 0 Å². The lowest BCUT2D eigenvalue weighted by Gasteiger charge is -2.43. The molecule has 0 aromatic heterocycles. The van der Waals surface area contributed by atoms with E-state index < -0.39 is 16.4 Å². The molecule has 1 saturated heterocycles. The summed E-state index contributed by atoms with van der Waals surface area (Å²) in [7, 11) is 0.0148. The minimum atomic E-state index is -1.50. The Morgan fingerprint density at radius 3 is 2.53 bits per heavy atom. The number of likely N-dealkylation sites (tertiary alicyclic amines) is 1. The van der Waals surface area contributed by atoms with Crippen LogP contribution in [-0.4, -0.2) is 59.9 Å². The van der Waals surface area contributed by atoms with Gasteiger partial charge in [-0.3, -0.25) is 14.9 Å². The van der Waals surface area contributed by atoms with Crippen LogP contribution in [0.4, 0.5) is 4.39 Å². The molecule has 36 heavy (non-hydrogen) atoms. The van der Waals surface area contributed by atoms with E-state index in [-0.39, 0.29) is 30.1 Å². The van der Waals surface area contributed by atoms with Crippen molar-refractivity contribution in [3.8, 4) is 5.75 Å². The van der Waals surface area contributed by atoms with E-state index in [0.717, 1.165) is 5.56 Å². The van der Waals surface area contributed by atoms with Crippen LogP contribution in [0.25, 0.3) is 0 Å². The third-order valence-electron chi connectivity index (χ3n) is 6.34. The summed E-state index contributed by atoms with van der Waals surface area (Å²) in [5.41, 5.74) is 0.667. The minimum absolute atomic E-state index is 0.187. The first-order chi connectivity index (χ1) is 17.3. The molecule has 194 valence electrons. The quantitative estimate of drug-likeness (QED) is 0.415. The zero-order valence-electron chi connectivity index (χ0n) is 20.9. The molecule has 2 amide bonds. The lowest BCUT2D eigenvalue weighted by atomic mass is 9.72. The number of benzene rings is 2. The molecule has 10 heteroatoms. The SMILES string of the molecule is CCCC(=O)N/C(=N\S(C)=O)N1CCC(CNC(=O)c2ccccc2OC)(c2cccc(F)c2)CC1. The molecule has 0 bridgehead atoms. The Bertz CT molecular complexity index is 1130. The van der Waals surface area contributed by atoms with Crippen LogP contribution in [0.2, 0.25) is 0 Å². The van der Waals surface area contributed by atoms with E-state index in [9.17, 15) is 18.2 Å². The number of nitrogens with zero attached hydrogens (tertiary/aromatic N) is 2. The van der Waals surface area contributed by atoms with Crippen LogP contribution in [0, 0.1) is 5.82 Å². The maximum atomic E-state index is 14.2. The van der Waals surface area contributed by atoms with E-state index in [1.807, 2.05) is 17.9 Å². The number of nitrogens with one attached hydrogen (secondary N) is 2. The van der Waals surface area contributed by atoms with Gasteiger partial charge in [0, 0.05) is 37.7 Å². The summed E-state index contributed by atoms with van der Waals surface area (Å²) < 4.78 is 35.5. The van der Waals surface area contributed by atoms with E-state index in [0.29, 0.717) is 50.1 Å². The normalized spacial score (nSPS) is 16.2. The molecule has 1 atom stereocenters. The van der Waals surface area contributed by atoms with Crippen molar-refractivity contribution in [3.05, 3.63) is 65.5 Å². The zero-order chi connectivity index (χ0) is 26.1. The Labute approximate surface area is 213 Å². The molecule has 8 nitrogen and oxygen atoms in total. The van der Waals surface area contributed by atoms with Crippen molar-refractivity contribution in [2.45, 2.75) is 38.0 Å². The molecule has 1 heterocycles. The van der Waals surface area contributed by atoms with E-state index in [1.165, 1.54) is 25.5 Å². The van der Waals surface area contributed by atoms with Crippen molar-refractivity contribution >= 4 is 28.8 Å². The summed E-state index contributed by atoms with van der Waals surface area (Å²) in [5.74, 6) is -0.0595. The maximum Gasteiger partial charge on any atom is 0.255 e. The standard InChI is InChI=1S/C26H33FN4O4S/c1-4-8-23(32)29-25(30-36(3)34)31-15-13-26(14-16-31,19-9-7-10-20(27)17-19)18-28-24(33)21-11-5-6-12-22(21)35-2/h5-7,9-12,17H,4,8,13-16,18H2,1-3H3,(H,28,33)(H,29,30,32). The number of rotatable bonds is 8. The Kier molecular flexibility index (Phi) is 9.58. The number of methoxy groups -OCH3 is 1. The number of hydrogen-bond acceptors (Lipinski definition) is 4. The van der Waals surface area contributed by atoms with Gasteiger partial charge in [-0.2, -0.15) is 4.40 Å². The molecular weight excluding hydrogens is 483 g/mol. The second-order valence-electron chi connectivity index (χ2n) is 8.80. The van der Waals surface area contributed by atoms with Crippen LogP contribution in [0.15, 0.2) is 52.9 Å². The largest absolute Gasteiger partial charge is 0.496 e. The first kappa shape index (κ1) is 27.3. The van der Waals surface area contributed by atoms with Crippen LogP contribution in [0.5, 0.6) is 5.75 Å². The molecule has 3 rings (SSSR count). The van der Waals surface area contributed by atoms with Gasteiger partial charge < -0.3 is 15.0 Å². The summed E-state index contributed by atoms with van der Waals surface area (Å²) in [6.45, 7) is 3.14. The van der Waals surface area contributed by atoms with Gasteiger partial charge in [0.1, 0.15) is 22.6 Å². The minimum Gasteiger partial charge on any atom is -0.496 e. The Hall–Kier alpha value is -3.27. The van der Waals surface area contributed by atoms with Gasteiger partial charge >= 0.3 is 0 Å². The highest BCUT2D eigenvalue weighted by Crippen LogP contribution is 2.36. The van der Waals surface area contributed by atoms with Crippen molar-refractivity contribution in [1.82, 2.24) is 15.5 Å². The van der Waals surface area contributed by atoms with Crippen molar-refractivity contribution < 1.29 is 22.9 Å². The Morgan fingerprint density at radius 1 is 1.17 bits per heavy atom. The number of carbonyl (C=O) groups excluding carboxylic acids is 2. The lowest BCUT2D eigenvalue weighted by Crippen LogP contribution is -2.53. The van der Waals surface area contributed by atoms with Gasteiger partial charge in [-0.05, 0) is 49.1 Å². The number of amides is 2. The topological polar surface area (TPSA) is 100 Å². The van der Waals surface area contributed by atoms with Gasteiger partial charge in [-0.15, -0.1) is 0 Å². The fourth-order valence-corrected chi connectivity index (χ4v) is 4.81. The average Bonchev–Trinajstić information content (AvgIpc) is 2.87. The van der Waals surface area contributed by atoms with Gasteiger partial charge in [0.2, 0.25) is 11.9 Å². The van der Waals surface area contributed by atoms with E-state index in [2.05, 4.69) is 15.0 Å². The molecule has 0 spiro atoms. The number of ether oxygens (including phenoxy) is 1. The predicted octanol–water partition coefficient (Wildman–Crippen LogP) is 3.16. The second kappa shape index (κ2) is 12.6. The first-order valence-corrected chi connectivity index (χ1v) is 13.4. The van der Waals surface area contributed by atoms with Crippen LogP contribution in [-0.2, 0) is 21.2 Å². The maximum absolute atomic E-state index is 14.2. The predicted molar refractivity (Wildman–Crippen MR) is 139 cm³/mol. The monoisotopic (exact) mass is 516 g/mol. The summed E-state index contributed by atoms with van der Waals surface area (Å²) in [5, 5.41) is 5.80. The number of halogens is 1. The molecule has 2 aromatic rings. The fourth-order valence-electron chi connectivity index (χ4n) is 4.40. The number of piperidine rings is 1.